The Morgan fingerprint density at radius 1 is 1.29 bits per heavy atom. The highest BCUT2D eigenvalue weighted by molar-refractivity contribution is 5.74. The van der Waals surface area contributed by atoms with Gasteiger partial charge in [-0.25, -0.2) is 4.79 Å². The minimum Gasteiger partial charge on any atom is -0.337 e. The molecule has 0 aromatic carbocycles. The lowest BCUT2D eigenvalue weighted by Crippen LogP contribution is -2.55. The van der Waals surface area contributed by atoms with Crippen LogP contribution >= 0.6 is 0 Å². The molecule has 0 bridgehead atoms. The van der Waals surface area contributed by atoms with E-state index in [2.05, 4.69) is 46.6 Å². The van der Waals surface area contributed by atoms with E-state index in [4.69, 9.17) is 0 Å². The Labute approximate surface area is 145 Å². The molecule has 1 aromatic heterocycles. The van der Waals surface area contributed by atoms with Crippen LogP contribution in [-0.4, -0.2) is 78.0 Å². The number of piperazine rings is 1. The molecular weight excluding hydrogens is 304 g/mol. The topological polar surface area (TPSA) is 65.4 Å². The second kappa shape index (κ2) is 7.98. The summed E-state index contributed by atoms with van der Waals surface area (Å²) in [5.41, 5.74) is 3.42. The molecule has 7 heteroatoms. The Bertz CT molecular complexity index is 570. The Kier molecular flexibility index (Phi) is 6.23. The first-order chi connectivity index (χ1) is 11.3. The fourth-order valence-electron chi connectivity index (χ4n) is 3.28. The third-order valence-electron chi connectivity index (χ3n) is 5.03. The Morgan fingerprint density at radius 2 is 2.00 bits per heavy atom. The maximum absolute atomic E-state index is 12.2. The zero-order valence-corrected chi connectivity index (χ0v) is 15.9. The Hall–Kier alpha value is -1.60. The number of aromatic nitrogens is 2. The average Bonchev–Trinajstić information content (AvgIpc) is 2.74. The summed E-state index contributed by atoms with van der Waals surface area (Å²) in [6, 6.07) is 0.342. The van der Waals surface area contributed by atoms with Crippen LogP contribution in [-0.2, 0) is 13.5 Å². The molecule has 7 nitrogen and oxygen atoms in total. The van der Waals surface area contributed by atoms with E-state index in [9.17, 15) is 4.79 Å². The molecule has 1 saturated heterocycles. The van der Waals surface area contributed by atoms with Crippen LogP contribution in [0.3, 0.4) is 0 Å². The smallest absolute Gasteiger partial charge is 0.315 e. The molecular formula is C17H32N6O. The van der Waals surface area contributed by atoms with Gasteiger partial charge in [-0.2, -0.15) is 5.10 Å². The minimum atomic E-state index is -0.0941. The molecule has 2 rings (SSSR count). The van der Waals surface area contributed by atoms with Gasteiger partial charge in [0.25, 0.3) is 0 Å². The van der Waals surface area contributed by atoms with E-state index in [0.29, 0.717) is 12.6 Å². The first kappa shape index (κ1) is 18.7. The zero-order chi connectivity index (χ0) is 17.9. The van der Waals surface area contributed by atoms with Gasteiger partial charge < -0.3 is 15.5 Å². The summed E-state index contributed by atoms with van der Waals surface area (Å²) < 4.78 is 1.90. The predicted octanol–water partition coefficient (Wildman–Crippen LogP) is 0.513. The van der Waals surface area contributed by atoms with Crippen LogP contribution in [0, 0.1) is 13.8 Å². The predicted molar refractivity (Wildman–Crippen MR) is 96.3 cm³/mol. The number of rotatable bonds is 5. The number of nitrogens with one attached hydrogen (secondary N) is 2. The fourth-order valence-corrected chi connectivity index (χ4v) is 3.28. The van der Waals surface area contributed by atoms with Crippen LogP contribution in [0.2, 0.25) is 0 Å². The third-order valence-corrected chi connectivity index (χ3v) is 5.03. The molecule has 1 aliphatic rings. The van der Waals surface area contributed by atoms with Crippen molar-refractivity contribution in [2.75, 3.05) is 40.3 Å². The highest BCUT2D eigenvalue weighted by Crippen LogP contribution is 2.14. The summed E-state index contributed by atoms with van der Waals surface area (Å²) in [6.07, 6.45) is 0.797. The number of likely N-dealkylation sites (N-methyl/N-ethyl adjacent to an activating group) is 2. The van der Waals surface area contributed by atoms with Crippen molar-refractivity contribution in [3.8, 4) is 0 Å². The van der Waals surface area contributed by atoms with Gasteiger partial charge in [0.15, 0.2) is 0 Å². The van der Waals surface area contributed by atoms with Gasteiger partial charge >= 0.3 is 6.03 Å². The summed E-state index contributed by atoms with van der Waals surface area (Å²) in [5, 5.41) is 10.5. The monoisotopic (exact) mass is 336 g/mol. The molecule has 1 aromatic rings. The number of urea groups is 1. The van der Waals surface area contributed by atoms with Crippen molar-refractivity contribution in [2.24, 2.45) is 7.05 Å². The molecule has 0 spiro atoms. The van der Waals surface area contributed by atoms with Gasteiger partial charge in [0.05, 0.1) is 5.69 Å². The van der Waals surface area contributed by atoms with Gasteiger partial charge in [0.2, 0.25) is 0 Å². The van der Waals surface area contributed by atoms with E-state index in [1.807, 2.05) is 25.6 Å². The summed E-state index contributed by atoms with van der Waals surface area (Å²) in [5.74, 6) is 0. The highest BCUT2D eigenvalue weighted by Gasteiger charge is 2.22. The zero-order valence-electron chi connectivity index (χ0n) is 15.9. The molecule has 2 N–H and O–H groups in total. The molecule has 0 unspecified atom stereocenters. The maximum atomic E-state index is 12.2. The van der Waals surface area contributed by atoms with E-state index in [1.54, 1.807) is 0 Å². The van der Waals surface area contributed by atoms with Crippen LogP contribution in [0.5, 0.6) is 0 Å². The molecule has 1 fully saturated rings. The summed E-state index contributed by atoms with van der Waals surface area (Å²) in [4.78, 5) is 16.8. The molecule has 0 aliphatic carbocycles. The van der Waals surface area contributed by atoms with E-state index in [1.165, 1.54) is 5.56 Å². The normalized spacial score (nSPS) is 20.8. The van der Waals surface area contributed by atoms with Gasteiger partial charge in [0.1, 0.15) is 0 Å². The maximum Gasteiger partial charge on any atom is 0.315 e. The van der Waals surface area contributed by atoms with Crippen molar-refractivity contribution in [1.82, 2.24) is 30.2 Å². The second-order valence-corrected chi connectivity index (χ2v) is 7.13. The average molecular weight is 336 g/mol. The molecule has 24 heavy (non-hydrogen) atoms. The number of nitrogens with zero attached hydrogens (tertiary/aromatic N) is 4. The molecule has 136 valence electrons. The van der Waals surface area contributed by atoms with Crippen LogP contribution in [0.1, 0.15) is 23.9 Å². The second-order valence-electron chi connectivity index (χ2n) is 7.13. The van der Waals surface area contributed by atoms with Crippen molar-refractivity contribution < 1.29 is 4.79 Å². The van der Waals surface area contributed by atoms with Crippen molar-refractivity contribution in [2.45, 2.75) is 39.3 Å². The Morgan fingerprint density at radius 3 is 2.62 bits per heavy atom. The fraction of sp³-hybridized carbons (Fsp3) is 0.765. The molecule has 2 atom stereocenters. The summed E-state index contributed by atoms with van der Waals surface area (Å²) in [7, 11) is 6.20. The van der Waals surface area contributed by atoms with Gasteiger partial charge in [-0.05, 0) is 46.9 Å². The highest BCUT2D eigenvalue weighted by atomic mass is 16.2. The van der Waals surface area contributed by atoms with Crippen LogP contribution < -0.4 is 10.6 Å². The summed E-state index contributed by atoms with van der Waals surface area (Å²) in [6.45, 7) is 9.90. The van der Waals surface area contributed by atoms with E-state index in [-0.39, 0.29) is 12.1 Å². The molecule has 2 amide bonds. The lowest BCUT2D eigenvalue weighted by atomic mass is 10.1. The number of carbonyl (C=O) groups excluding carboxylic acids is 1. The van der Waals surface area contributed by atoms with Gasteiger partial charge in [0, 0.05) is 51.0 Å². The quantitative estimate of drug-likeness (QED) is 0.822. The van der Waals surface area contributed by atoms with Gasteiger partial charge in [-0.1, -0.05) is 0 Å². The van der Waals surface area contributed by atoms with Crippen molar-refractivity contribution >= 4 is 6.03 Å². The van der Waals surface area contributed by atoms with E-state index >= 15 is 0 Å². The molecule has 2 heterocycles. The number of hydrogen-bond donors (Lipinski definition) is 2. The lowest BCUT2D eigenvalue weighted by Gasteiger charge is -2.37. The number of aryl methyl sites for hydroxylation is 2. The molecule has 1 aliphatic heterocycles. The Balaban J connectivity index is 1.79. The SMILES string of the molecule is Cc1nn(C)c(C)c1C[C@@H](C)NC(=O)NC[C@H]1CN(C)CCN1C. The van der Waals surface area contributed by atoms with Crippen LogP contribution in [0.4, 0.5) is 4.79 Å². The van der Waals surface area contributed by atoms with Crippen molar-refractivity contribution in [3.63, 3.8) is 0 Å². The number of carbonyl (C=O) groups is 1. The first-order valence-corrected chi connectivity index (χ1v) is 8.70. The van der Waals surface area contributed by atoms with E-state index in [0.717, 1.165) is 37.4 Å². The van der Waals surface area contributed by atoms with Gasteiger partial charge in [-0.15, -0.1) is 0 Å². The molecule has 0 saturated carbocycles. The third kappa shape index (κ3) is 4.70. The minimum absolute atomic E-state index is 0.0679. The van der Waals surface area contributed by atoms with Crippen LogP contribution in [0.15, 0.2) is 0 Å². The lowest BCUT2D eigenvalue weighted by molar-refractivity contribution is 0.114. The first-order valence-electron chi connectivity index (χ1n) is 8.70. The number of amides is 2. The largest absolute Gasteiger partial charge is 0.337 e. The van der Waals surface area contributed by atoms with E-state index < -0.39 is 0 Å². The van der Waals surface area contributed by atoms with Crippen LogP contribution in [0.25, 0.3) is 0 Å². The number of hydrogen-bond acceptors (Lipinski definition) is 4. The van der Waals surface area contributed by atoms with Crippen molar-refractivity contribution in [1.29, 1.82) is 0 Å². The van der Waals surface area contributed by atoms with Gasteiger partial charge in [-0.3, -0.25) is 9.58 Å². The van der Waals surface area contributed by atoms with Crippen molar-refractivity contribution in [3.05, 3.63) is 17.0 Å². The summed E-state index contributed by atoms with van der Waals surface area (Å²) >= 11 is 0. The standard InChI is InChI=1S/C17H32N6O/c1-12(9-16-13(2)20-23(6)14(16)3)19-17(24)18-10-15-11-21(4)7-8-22(15)5/h12,15H,7-11H2,1-6H3,(H2,18,19,24)/t12-,15+/m1/s1. The molecule has 0 radical (unpaired) electrons.